The first-order chi connectivity index (χ1) is 11.2. The molecule has 23 heavy (non-hydrogen) atoms. The van der Waals surface area contributed by atoms with E-state index in [0.717, 1.165) is 23.4 Å². The second-order valence-corrected chi connectivity index (χ2v) is 6.07. The van der Waals surface area contributed by atoms with Gasteiger partial charge in [-0.2, -0.15) is 0 Å². The van der Waals surface area contributed by atoms with Crippen LogP contribution in [0.4, 0.5) is 4.39 Å². The van der Waals surface area contributed by atoms with Crippen molar-refractivity contribution in [1.82, 2.24) is 9.55 Å². The zero-order valence-electron chi connectivity index (χ0n) is 12.7. The van der Waals surface area contributed by atoms with Gasteiger partial charge in [0.15, 0.2) is 0 Å². The van der Waals surface area contributed by atoms with Crippen molar-refractivity contribution >= 4 is 21.6 Å². The van der Waals surface area contributed by atoms with Crippen LogP contribution in [0.15, 0.2) is 34.4 Å². The molecule has 5 heteroatoms. The van der Waals surface area contributed by atoms with Gasteiger partial charge in [0.1, 0.15) is 16.5 Å². The Labute approximate surface area is 137 Å². The highest BCUT2D eigenvalue weighted by molar-refractivity contribution is 7.17. The topological polar surface area (TPSA) is 34.9 Å². The number of hydrogen-bond donors (Lipinski definition) is 0. The van der Waals surface area contributed by atoms with Crippen LogP contribution in [0, 0.1) is 18.2 Å². The highest BCUT2D eigenvalue weighted by atomic mass is 32.1. The monoisotopic (exact) mass is 326 g/mol. The van der Waals surface area contributed by atoms with E-state index in [1.807, 2.05) is 12.3 Å². The van der Waals surface area contributed by atoms with Crippen molar-refractivity contribution in [2.24, 2.45) is 0 Å². The molecule has 3 rings (SSSR count). The van der Waals surface area contributed by atoms with Crippen LogP contribution in [-0.4, -0.2) is 9.55 Å². The van der Waals surface area contributed by atoms with Crippen LogP contribution >= 0.6 is 11.3 Å². The summed E-state index contributed by atoms with van der Waals surface area (Å²) in [5.74, 6) is 2.94. The molecule has 0 aliphatic carbocycles. The maximum Gasteiger partial charge on any atom is 0.263 e. The molecular weight excluding hydrogens is 311 g/mol. The minimum Gasteiger partial charge on any atom is -0.284 e. The maximum atomic E-state index is 13.1. The summed E-state index contributed by atoms with van der Waals surface area (Å²) in [4.78, 5) is 18.2. The molecule has 0 N–H and O–H groups in total. The molecule has 1 aromatic carbocycles. The molecule has 0 bridgehead atoms. The highest BCUT2D eigenvalue weighted by Gasteiger charge is 2.16. The Morgan fingerprint density at radius 1 is 1.35 bits per heavy atom. The third-order valence-corrected chi connectivity index (χ3v) is 4.52. The van der Waals surface area contributed by atoms with Crippen LogP contribution in [0.1, 0.15) is 19.2 Å². The van der Waals surface area contributed by atoms with Crippen LogP contribution in [0.5, 0.6) is 0 Å². The number of benzene rings is 1. The number of hydrogen-bond acceptors (Lipinski definition) is 3. The Kier molecular flexibility index (Phi) is 4.26. The van der Waals surface area contributed by atoms with Crippen molar-refractivity contribution in [3.8, 4) is 23.5 Å². The zero-order valence-corrected chi connectivity index (χ0v) is 13.5. The fraction of sp³-hybridized carbons (Fsp3) is 0.222. The molecular formula is C18H15FN2OS. The summed E-state index contributed by atoms with van der Waals surface area (Å²) in [5.41, 5.74) is 1.44. The second-order valence-electron chi connectivity index (χ2n) is 5.21. The van der Waals surface area contributed by atoms with Crippen molar-refractivity contribution in [2.45, 2.75) is 26.3 Å². The van der Waals surface area contributed by atoms with Crippen LogP contribution < -0.4 is 5.56 Å². The molecule has 0 atom stereocenters. The largest absolute Gasteiger partial charge is 0.284 e. The van der Waals surface area contributed by atoms with Crippen LogP contribution in [0.2, 0.25) is 0 Å². The van der Waals surface area contributed by atoms with Gasteiger partial charge >= 0.3 is 0 Å². The van der Waals surface area contributed by atoms with Gasteiger partial charge in [-0.25, -0.2) is 9.37 Å². The summed E-state index contributed by atoms with van der Waals surface area (Å²) < 4.78 is 14.7. The Morgan fingerprint density at radius 2 is 2.09 bits per heavy atom. The second kappa shape index (κ2) is 6.35. The number of thiophene rings is 1. The van der Waals surface area contributed by atoms with E-state index in [1.165, 1.54) is 23.5 Å². The van der Waals surface area contributed by atoms with Crippen molar-refractivity contribution in [1.29, 1.82) is 0 Å². The summed E-state index contributed by atoms with van der Waals surface area (Å²) in [7, 11) is 0. The normalized spacial score (nSPS) is 10.8. The average Bonchev–Trinajstić information content (AvgIpc) is 2.96. The lowest BCUT2D eigenvalue weighted by Crippen LogP contribution is -2.24. The Bertz CT molecular complexity index is 948. The minimum absolute atomic E-state index is 0.128. The number of fused-ring (bicyclic) bond motifs is 1. The molecule has 0 fully saturated rings. The van der Waals surface area contributed by atoms with Crippen molar-refractivity contribution in [3.63, 3.8) is 0 Å². The average molecular weight is 326 g/mol. The lowest BCUT2D eigenvalue weighted by Gasteiger charge is -2.09. The van der Waals surface area contributed by atoms with E-state index in [1.54, 1.807) is 16.7 Å². The molecule has 3 nitrogen and oxygen atoms in total. The summed E-state index contributed by atoms with van der Waals surface area (Å²) in [6, 6.07) is 6.11. The van der Waals surface area contributed by atoms with Crippen LogP contribution in [0.3, 0.4) is 0 Å². The molecule has 0 saturated carbocycles. The van der Waals surface area contributed by atoms with Gasteiger partial charge in [-0.05, 0) is 24.1 Å². The van der Waals surface area contributed by atoms with Gasteiger partial charge in [0.05, 0.1) is 11.9 Å². The number of aromatic nitrogens is 2. The third-order valence-electron chi connectivity index (χ3n) is 3.65. The molecule has 0 aliphatic heterocycles. The SMILES string of the molecule is C#CCn1c(CCC)nc2scc(-c3ccc(F)cc3)c2c1=O. The summed E-state index contributed by atoms with van der Waals surface area (Å²) in [5, 5.41) is 2.44. The summed E-state index contributed by atoms with van der Waals surface area (Å²) in [6.45, 7) is 2.24. The molecule has 0 radical (unpaired) electrons. The smallest absolute Gasteiger partial charge is 0.263 e. The Morgan fingerprint density at radius 3 is 2.74 bits per heavy atom. The van der Waals surface area contributed by atoms with Gasteiger partial charge in [-0.1, -0.05) is 25.0 Å². The van der Waals surface area contributed by atoms with Gasteiger partial charge in [0.25, 0.3) is 5.56 Å². The lowest BCUT2D eigenvalue weighted by molar-refractivity contribution is 0.628. The predicted octanol–water partition coefficient (Wildman–Crippen LogP) is 3.85. The molecule has 116 valence electrons. The van der Waals surface area contributed by atoms with Crippen molar-refractivity contribution < 1.29 is 4.39 Å². The third kappa shape index (κ3) is 2.78. The molecule has 0 amide bonds. The molecule has 3 aromatic rings. The van der Waals surface area contributed by atoms with E-state index < -0.39 is 0 Å². The van der Waals surface area contributed by atoms with Crippen molar-refractivity contribution in [2.75, 3.05) is 0 Å². The number of nitrogens with zero attached hydrogens (tertiary/aromatic N) is 2. The lowest BCUT2D eigenvalue weighted by atomic mass is 10.1. The molecule has 0 spiro atoms. The van der Waals surface area contributed by atoms with Gasteiger partial charge in [0.2, 0.25) is 0 Å². The Hall–Kier alpha value is -2.45. The van der Waals surface area contributed by atoms with Gasteiger partial charge < -0.3 is 0 Å². The van der Waals surface area contributed by atoms with Gasteiger partial charge in [-0.3, -0.25) is 9.36 Å². The van der Waals surface area contributed by atoms with E-state index in [-0.39, 0.29) is 17.9 Å². The quantitative estimate of drug-likeness (QED) is 0.683. The molecule has 0 unspecified atom stereocenters. The van der Waals surface area contributed by atoms with Crippen molar-refractivity contribution in [3.05, 3.63) is 51.6 Å². The number of aryl methyl sites for hydroxylation is 1. The van der Waals surface area contributed by atoms with E-state index in [9.17, 15) is 9.18 Å². The fourth-order valence-corrected chi connectivity index (χ4v) is 3.53. The maximum absolute atomic E-state index is 13.1. The van der Waals surface area contributed by atoms with E-state index in [4.69, 9.17) is 6.42 Å². The zero-order chi connectivity index (χ0) is 16.4. The van der Waals surface area contributed by atoms with E-state index >= 15 is 0 Å². The highest BCUT2D eigenvalue weighted by Crippen LogP contribution is 2.31. The molecule has 0 saturated heterocycles. The molecule has 2 aromatic heterocycles. The summed E-state index contributed by atoms with van der Waals surface area (Å²) in [6.07, 6.45) is 7.00. The van der Waals surface area contributed by atoms with Gasteiger partial charge in [0, 0.05) is 17.4 Å². The molecule has 0 aliphatic rings. The van der Waals surface area contributed by atoms with Crippen LogP contribution in [-0.2, 0) is 13.0 Å². The van der Waals surface area contributed by atoms with E-state index in [2.05, 4.69) is 10.9 Å². The fourth-order valence-electron chi connectivity index (χ4n) is 2.58. The van der Waals surface area contributed by atoms with E-state index in [0.29, 0.717) is 16.6 Å². The number of terminal acetylenes is 1. The Balaban J connectivity index is 2.27. The minimum atomic E-state index is -0.304. The first kappa shape index (κ1) is 15.4. The predicted molar refractivity (Wildman–Crippen MR) is 92.1 cm³/mol. The first-order valence-corrected chi connectivity index (χ1v) is 8.24. The van der Waals surface area contributed by atoms with Crippen LogP contribution in [0.25, 0.3) is 21.3 Å². The van der Waals surface area contributed by atoms with Gasteiger partial charge in [-0.15, -0.1) is 17.8 Å². The molecule has 2 heterocycles. The number of halogens is 1. The standard InChI is InChI=1S/C18H15FN2OS/c1-3-5-15-20-17-16(18(22)21(15)10-4-2)14(11-23-17)12-6-8-13(19)9-7-12/h2,6-9,11H,3,5,10H2,1H3. The number of rotatable bonds is 4. The summed E-state index contributed by atoms with van der Waals surface area (Å²) >= 11 is 1.42. The first-order valence-electron chi connectivity index (χ1n) is 7.36.